The maximum Gasteiger partial charge on any atom is 0.258 e. The van der Waals surface area contributed by atoms with E-state index in [9.17, 15) is 18.4 Å². The molecule has 0 bridgehead atoms. The summed E-state index contributed by atoms with van der Waals surface area (Å²) in [5.74, 6) is -1.64. The number of aromatic nitrogens is 1. The number of benzene rings is 3. The molecule has 1 heterocycles. The number of hydrogen-bond donors (Lipinski definition) is 1. The number of anilines is 1. The second-order valence-electron chi connectivity index (χ2n) is 7.48. The first-order chi connectivity index (χ1) is 15.4. The van der Waals surface area contributed by atoms with Gasteiger partial charge in [-0.1, -0.05) is 36.9 Å². The van der Waals surface area contributed by atoms with Gasteiger partial charge in [-0.25, -0.2) is 8.78 Å². The van der Waals surface area contributed by atoms with E-state index in [0.717, 1.165) is 28.1 Å². The third-order valence-electron chi connectivity index (χ3n) is 5.34. The first-order valence-electron chi connectivity index (χ1n) is 9.96. The molecule has 0 spiro atoms. The Labute approximate surface area is 183 Å². The Balaban J connectivity index is 1.94. The van der Waals surface area contributed by atoms with Gasteiger partial charge in [0.2, 0.25) is 5.91 Å². The van der Waals surface area contributed by atoms with E-state index in [-0.39, 0.29) is 17.9 Å². The predicted octanol–water partition coefficient (Wildman–Crippen LogP) is 5.20. The van der Waals surface area contributed by atoms with Crippen LogP contribution < -0.4 is 10.9 Å². The summed E-state index contributed by atoms with van der Waals surface area (Å²) in [5, 5.41) is 4.02. The number of amides is 1. The van der Waals surface area contributed by atoms with Crippen LogP contribution in [0.15, 0.2) is 84.3 Å². The summed E-state index contributed by atoms with van der Waals surface area (Å²) >= 11 is 0. The third-order valence-corrected chi connectivity index (χ3v) is 5.34. The Hall–Kier alpha value is -4.06. The molecular weight excluding hydrogens is 410 g/mol. The van der Waals surface area contributed by atoms with Crippen molar-refractivity contribution in [2.45, 2.75) is 6.42 Å². The Morgan fingerprint density at radius 2 is 1.72 bits per heavy atom. The Bertz CT molecular complexity index is 1420. The van der Waals surface area contributed by atoms with Gasteiger partial charge in [0.05, 0.1) is 0 Å². The number of halogens is 2. The minimum absolute atomic E-state index is 0.133. The number of rotatable bonds is 5. The zero-order chi connectivity index (χ0) is 22.8. The van der Waals surface area contributed by atoms with Crippen molar-refractivity contribution in [1.82, 2.24) is 4.57 Å². The zero-order valence-corrected chi connectivity index (χ0v) is 17.4. The van der Waals surface area contributed by atoms with Gasteiger partial charge in [0.15, 0.2) is 0 Å². The quantitative estimate of drug-likeness (QED) is 0.443. The van der Waals surface area contributed by atoms with Crippen molar-refractivity contribution in [3.05, 3.63) is 113 Å². The molecule has 1 amide bonds. The number of hydrogen-bond acceptors (Lipinski definition) is 2. The van der Waals surface area contributed by atoms with Gasteiger partial charge >= 0.3 is 0 Å². The van der Waals surface area contributed by atoms with Crippen molar-refractivity contribution in [3.63, 3.8) is 0 Å². The fourth-order valence-corrected chi connectivity index (χ4v) is 3.75. The molecule has 6 heteroatoms. The standard InChI is InChI=1S/C26H20F2N2O2/c1-3-25(31)29-19-11-9-16(12-17-8-10-18(27)13-24(17)28)22(14-19)23-15-30(2)26(32)21-7-5-4-6-20(21)23/h3-11,13-15H,1,12H2,2H3,(H,29,31). The van der Waals surface area contributed by atoms with Crippen LogP contribution in [0.5, 0.6) is 0 Å². The van der Waals surface area contributed by atoms with Crippen LogP contribution in [-0.2, 0) is 18.3 Å². The second kappa shape index (κ2) is 8.59. The molecule has 4 rings (SSSR count). The van der Waals surface area contributed by atoms with E-state index in [0.29, 0.717) is 16.6 Å². The number of nitrogens with zero attached hydrogens (tertiary/aromatic N) is 1. The summed E-state index contributed by atoms with van der Waals surface area (Å²) in [6, 6.07) is 16.0. The maximum absolute atomic E-state index is 14.4. The molecule has 1 N–H and O–H groups in total. The molecule has 32 heavy (non-hydrogen) atoms. The van der Waals surface area contributed by atoms with Crippen LogP contribution in [0.25, 0.3) is 21.9 Å². The molecule has 0 aliphatic rings. The number of carbonyl (C=O) groups excluding carboxylic acids is 1. The lowest BCUT2D eigenvalue weighted by atomic mass is 9.92. The Morgan fingerprint density at radius 3 is 2.44 bits per heavy atom. The van der Waals surface area contributed by atoms with Gasteiger partial charge in [-0.2, -0.15) is 0 Å². The first kappa shape index (κ1) is 21.2. The predicted molar refractivity (Wildman–Crippen MR) is 123 cm³/mol. The average Bonchev–Trinajstić information content (AvgIpc) is 2.79. The highest BCUT2D eigenvalue weighted by Gasteiger charge is 2.15. The molecule has 0 aliphatic carbocycles. The lowest BCUT2D eigenvalue weighted by Crippen LogP contribution is -2.16. The largest absolute Gasteiger partial charge is 0.323 e. The van der Waals surface area contributed by atoms with Crippen molar-refractivity contribution in [2.24, 2.45) is 7.05 Å². The minimum atomic E-state index is -0.641. The molecule has 0 saturated heterocycles. The summed E-state index contributed by atoms with van der Waals surface area (Å²) in [6.45, 7) is 3.47. The van der Waals surface area contributed by atoms with Crippen molar-refractivity contribution in [1.29, 1.82) is 0 Å². The van der Waals surface area contributed by atoms with E-state index < -0.39 is 11.6 Å². The summed E-state index contributed by atoms with van der Waals surface area (Å²) < 4.78 is 29.3. The van der Waals surface area contributed by atoms with Crippen LogP contribution in [0.3, 0.4) is 0 Å². The summed E-state index contributed by atoms with van der Waals surface area (Å²) in [7, 11) is 1.67. The van der Waals surface area contributed by atoms with Crippen LogP contribution in [0, 0.1) is 11.6 Å². The van der Waals surface area contributed by atoms with Crippen molar-refractivity contribution >= 4 is 22.4 Å². The van der Waals surface area contributed by atoms with Crippen LogP contribution in [0.1, 0.15) is 11.1 Å². The average molecular weight is 430 g/mol. The van der Waals surface area contributed by atoms with Gasteiger partial charge in [-0.15, -0.1) is 0 Å². The topological polar surface area (TPSA) is 51.1 Å². The summed E-state index contributed by atoms with van der Waals surface area (Å²) in [6.07, 6.45) is 3.10. The number of pyridine rings is 1. The molecule has 3 aromatic carbocycles. The van der Waals surface area contributed by atoms with Gasteiger partial charge < -0.3 is 9.88 Å². The highest BCUT2D eigenvalue weighted by molar-refractivity contribution is 6.01. The van der Waals surface area contributed by atoms with Gasteiger partial charge in [0, 0.05) is 42.4 Å². The van der Waals surface area contributed by atoms with Gasteiger partial charge in [-0.3, -0.25) is 9.59 Å². The van der Waals surface area contributed by atoms with Gasteiger partial charge in [-0.05, 0) is 52.4 Å². The van der Waals surface area contributed by atoms with Crippen molar-refractivity contribution in [2.75, 3.05) is 5.32 Å². The highest BCUT2D eigenvalue weighted by atomic mass is 19.1. The van der Waals surface area contributed by atoms with Crippen LogP contribution in [0.4, 0.5) is 14.5 Å². The molecule has 4 aromatic rings. The molecule has 1 aromatic heterocycles. The molecule has 4 nitrogen and oxygen atoms in total. The molecular formula is C26H20F2N2O2. The number of aryl methyl sites for hydroxylation is 1. The lowest BCUT2D eigenvalue weighted by Gasteiger charge is -2.16. The first-order valence-corrected chi connectivity index (χ1v) is 9.96. The van der Waals surface area contributed by atoms with Crippen molar-refractivity contribution < 1.29 is 13.6 Å². The molecule has 160 valence electrons. The Kier molecular flexibility index (Phi) is 5.69. The fraction of sp³-hybridized carbons (Fsp3) is 0.0769. The Morgan fingerprint density at radius 1 is 1.00 bits per heavy atom. The van der Waals surface area contributed by atoms with E-state index in [1.807, 2.05) is 12.1 Å². The van der Waals surface area contributed by atoms with Crippen LogP contribution in [0.2, 0.25) is 0 Å². The van der Waals surface area contributed by atoms with E-state index in [1.165, 1.54) is 22.8 Å². The number of fused-ring (bicyclic) bond motifs is 1. The summed E-state index contributed by atoms with van der Waals surface area (Å²) in [4.78, 5) is 24.5. The van der Waals surface area contributed by atoms with E-state index in [1.54, 1.807) is 43.6 Å². The molecule has 0 radical (unpaired) electrons. The summed E-state index contributed by atoms with van der Waals surface area (Å²) in [5.41, 5.74) is 2.98. The van der Waals surface area contributed by atoms with Crippen LogP contribution >= 0.6 is 0 Å². The molecule has 0 unspecified atom stereocenters. The van der Waals surface area contributed by atoms with Gasteiger partial charge in [0.1, 0.15) is 11.6 Å². The van der Waals surface area contributed by atoms with Crippen LogP contribution in [-0.4, -0.2) is 10.5 Å². The smallest absolute Gasteiger partial charge is 0.258 e. The van der Waals surface area contributed by atoms with Crippen molar-refractivity contribution in [3.8, 4) is 11.1 Å². The normalized spacial score (nSPS) is 10.8. The lowest BCUT2D eigenvalue weighted by molar-refractivity contribution is -0.111. The number of carbonyl (C=O) groups is 1. The monoisotopic (exact) mass is 430 g/mol. The molecule has 0 saturated carbocycles. The second-order valence-corrected chi connectivity index (χ2v) is 7.48. The minimum Gasteiger partial charge on any atom is -0.323 e. The van der Waals surface area contributed by atoms with E-state index in [2.05, 4.69) is 11.9 Å². The maximum atomic E-state index is 14.4. The van der Waals surface area contributed by atoms with Gasteiger partial charge in [0.25, 0.3) is 5.56 Å². The molecule has 0 atom stereocenters. The number of nitrogens with one attached hydrogen (secondary N) is 1. The highest BCUT2D eigenvalue weighted by Crippen LogP contribution is 2.33. The molecule has 0 fully saturated rings. The van der Waals surface area contributed by atoms with E-state index in [4.69, 9.17) is 0 Å². The zero-order valence-electron chi connectivity index (χ0n) is 17.4. The van der Waals surface area contributed by atoms with E-state index >= 15 is 0 Å². The fourth-order valence-electron chi connectivity index (χ4n) is 3.75. The molecule has 0 aliphatic heterocycles. The third kappa shape index (κ3) is 4.07. The SMILES string of the molecule is C=CC(=O)Nc1ccc(Cc2ccc(F)cc2F)c(-c2cn(C)c(=O)c3ccccc23)c1.